The van der Waals surface area contributed by atoms with Gasteiger partial charge in [-0.15, -0.1) is 11.6 Å². The summed E-state index contributed by atoms with van der Waals surface area (Å²) in [6.07, 6.45) is 10.6. The molecule has 2 heteroatoms. The van der Waals surface area contributed by atoms with Crippen LogP contribution < -0.4 is 5.32 Å². The van der Waals surface area contributed by atoms with Gasteiger partial charge in [-0.2, -0.15) is 0 Å². The number of hydrogen-bond donors (Lipinski definition) is 1. The molecule has 0 heterocycles. The number of alkyl halides is 1. The van der Waals surface area contributed by atoms with Crippen LogP contribution in [0.5, 0.6) is 0 Å². The summed E-state index contributed by atoms with van der Waals surface area (Å²) in [4.78, 5) is 0. The summed E-state index contributed by atoms with van der Waals surface area (Å²) in [5.74, 6) is 0.780. The highest BCUT2D eigenvalue weighted by molar-refractivity contribution is 6.17. The minimum atomic E-state index is 0.637. The summed E-state index contributed by atoms with van der Waals surface area (Å²) in [6.45, 7) is 5.66. The first-order chi connectivity index (χ1) is 7.35. The Kier molecular flexibility index (Phi) is 12.5. The van der Waals surface area contributed by atoms with Crippen LogP contribution in [-0.4, -0.2) is 18.5 Å². The highest BCUT2D eigenvalue weighted by atomic mass is 35.5. The summed E-state index contributed by atoms with van der Waals surface area (Å²) in [5.41, 5.74) is 0. The first-order valence-corrected chi connectivity index (χ1v) is 7.17. The smallest absolute Gasteiger partial charge is 0.0238 e. The van der Waals surface area contributed by atoms with Crippen molar-refractivity contribution in [3.63, 3.8) is 0 Å². The molecule has 1 nitrogen and oxygen atoms in total. The van der Waals surface area contributed by atoms with Gasteiger partial charge in [0.25, 0.3) is 0 Å². The first kappa shape index (κ1) is 15.2. The van der Waals surface area contributed by atoms with E-state index in [2.05, 4.69) is 19.2 Å². The number of halogens is 1. The largest absolute Gasteiger partial charge is 0.314 e. The fraction of sp³-hybridized carbons (Fsp3) is 1.00. The monoisotopic (exact) mass is 233 g/mol. The third-order valence-electron chi connectivity index (χ3n) is 2.91. The number of nitrogens with one attached hydrogen (secondary N) is 1. The van der Waals surface area contributed by atoms with Gasteiger partial charge in [-0.1, -0.05) is 46.0 Å². The summed E-state index contributed by atoms with van der Waals surface area (Å²) in [5, 5.41) is 3.58. The van der Waals surface area contributed by atoms with Crippen LogP contribution in [0.15, 0.2) is 0 Å². The zero-order valence-corrected chi connectivity index (χ0v) is 11.3. The molecule has 1 unspecified atom stereocenters. The van der Waals surface area contributed by atoms with Crippen molar-refractivity contribution in [1.29, 1.82) is 0 Å². The van der Waals surface area contributed by atoms with Crippen LogP contribution in [0.2, 0.25) is 0 Å². The lowest BCUT2D eigenvalue weighted by Crippen LogP contribution is -2.29. The van der Waals surface area contributed by atoms with Gasteiger partial charge in [0.2, 0.25) is 0 Å². The van der Waals surface area contributed by atoms with Crippen LogP contribution in [0.4, 0.5) is 0 Å². The van der Waals surface area contributed by atoms with Gasteiger partial charge in [-0.3, -0.25) is 0 Å². The molecule has 0 aliphatic carbocycles. The van der Waals surface area contributed by atoms with E-state index >= 15 is 0 Å². The average molecular weight is 234 g/mol. The van der Waals surface area contributed by atoms with Crippen LogP contribution in [0, 0.1) is 0 Å². The Morgan fingerprint density at radius 2 is 1.67 bits per heavy atom. The van der Waals surface area contributed by atoms with Crippen molar-refractivity contribution < 1.29 is 0 Å². The average Bonchev–Trinajstić information content (AvgIpc) is 2.26. The van der Waals surface area contributed by atoms with E-state index in [1.165, 1.54) is 51.5 Å². The highest BCUT2D eigenvalue weighted by Gasteiger charge is 2.02. The molecular formula is C13H28ClN. The molecule has 92 valence electrons. The second-order valence-corrected chi connectivity index (χ2v) is 4.68. The molecular weight excluding hydrogens is 206 g/mol. The van der Waals surface area contributed by atoms with E-state index in [-0.39, 0.29) is 0 Å². The Bertz CT molecular complexity index is 117. The van der Waals surface area contributed by atoms with E-state index in [1.807, 2.05) is 0 Å². The maximum atomic E-state index is 5.73. The first-order valence-electron chi connectivity index (χ1n) is 6.64. The van der Waals surface area contributed by atoms with Gasteiger partial charge in [0.1, 0.15) is 0 Å². The van der Waals surface area contributed by atoms with Crippen molar-refractivity contribution in [2.24, 2.45) is 0 Å². The molecule has 0 saturated heterocycles. The molecule has 15 heavy (non-hydrogen) atoms. The molecule has 1 N–H and O–H groups in total. The molecule has 0 radical (unpaired) electrons. The zero-order chi connectivity index (χ0) is 11.4. The molecule has 0 fully saturated rings. The van der Waals surface area contributed by atoms with E-state index in [0.29, 0.717) is 6.04 Å². The molecule has 0 aliphatic heterocycles. The fourth-order valence-corrected chi connectivity index (χ4v) is 2.06. The van der Waals surface area contributed by atoms with E-state index in [1.54, 1.807) is 0 Å². The Balaban J connectivity index is 3.14. The lowest BCUT2D eigenvalue weighted by atomic mass is 10.1. The normalized spacial score (nSPS) is 13.0. The quantitative estimate of drug-likeness (QED) is 0.414. The number of hydrogen-bond acceptors (Lipinski definition) is 1. The van der Waals surface area contributed by atoms with E-state index in [0.717, 1.165) is 12.3 Å². The van der Waals surface area contributed by atoms with Crippen molar-refractivity contribution in [2.45, 2.75) is 71.3 Å². The van der Waals surface area contributed by atoms with E-state index < -0.39 is 0 Å². The Hall–Kier alpha value is 0.250. The van der Waals surface area contributed by atoms with Crippen LogP contribution in [-0.2, 0) is 0 Å². The van der Waals surface area contributed by atoms with Crippen molar-refractivity contribution in [2.75, 3.05) is 12.4 Å². The minimum absolute atomic E-state index is 0.637. The lowest BCUT2D eigenvalue weighted by molar-refractivity contribution is 0.469. The highest BCUT2D eigenvalue weighted by Crippen LogP contribution is 2.05. The Morgan fingerprint density at radius 1 is 1.00 bits per heavy atom. The molecule has 0 aromatic carbocycles. The molecule has 0 saturated carbocycles. The van der Waals surface area contributed by atoms with E-state index in [4.69, 9.17) is 11.6 Å². The Labute approximate surface area is 101 Å². The van der Waals surface area contributed by atoms with Gasteiger partial charge in [-0.05, 0) is 25.8 Å². The molecule has 0 aromatic heterocycles. The van der Waals surface area contributed by atoms with Gasteiger partial charge in [0.05, 0.1) is 0 Å². The molecule has 0 amide bonds. The SMILES string of the molecule is CCCCCCCCNC(CC)CCCl. The van der Waals surface area contributed by atoms with Crippen molar-refractivity contribution in [1.82, 2.24) is 5.32 Å². The molecule has 0 spiro atoms. The maximum absolute atomic E-state index is 5.73. The number of unbranched alkanes of at least 4 members (excludes halogenated alkanes) is 5. The van der Waals surface area contributed by atoms with Crippen molar-refractivity contribution >= 4 is 11.6 Å². The maximum Gasteiger partial charge on any atom is 0.0238 e. The summed E-state index contributed by atoms with van der Waals surface area (Å²) < 4.78 is 0. The molecule has 0 aromatic rings. The van der Waals surface area contributed by atoms with Gasteiger partial charge >= 0.3 is 0 Å². The van der Waals surface area contributed by atoms with Gasteiger partial charge in [0, 0.05) is 11.9 Å². The molecule has 1 atom stereocenters. The zero-order valence-electron chi connectivity index (χ0n) is 10.5. The fourth-order valence-electron chi connectivity index (χ4n) is 1.79. The summed E-state index contributed by atoms with van der Waals surface area (Å²) in [7, 11) is 0. The standard InChI is InChI=1S/C13H28ClN/c1-3-5-6-7-8-9-12-15-13(4-2)10-11-14/h13,15H,3-12H2,1-2H3. The Morgan fingerprint density at radius 3 is 2.27 bits per heavy atom. The third kappa shape index (κ3) is 10.5. The van der Waals surface area contributed by atoms with Crippen LogP contribution >= 0.6 is 11.6 Å². The summed E-state index contributed by atoms with van der Waals surface area (Å²) >= 11 is 5.73. The number of rotatable bonds is 11. The van der Waals surface area contributed by atoms with Gasteiger partial charge < -0.3 is 5.32 Å². The second kappa shape index (κ2) is 12.3. The second-order valence-electron chi connectivity index (χ2n) is 4.30. The van der Waals surface area contributed by atoms with Crippen molar-refractivity contribution in [3.05, 3.63) is 0 Å². The lowest BCUT2D eigenvalue weighted by Gasteiger charge is -2.15. The van der Waals surface area contributed by atoms with Crippen LogP contribution in [0.3, 0.4) is 0 Å². The molecule has 0 rings (SSSR count). The van der Waals surface area contributed by atoms with Crippen molar-refractivity contribution in [3.8, 4) is 0 Å². The summed E-state index contributed by atoms with van der Waals surface area (Å²) in [6, 6.07) is 0.637. The predicted molar refractivity (Wildman–Crippen MR) is 70.8 cm³/mol. The molecule has 0 aliphatic rings. The predicted octanol–water partition coefficient (Wildman–Crippen LogP) is 4.34. The van der Waals surface area contributed by atoms with Gasteiger partial charge in [0.15, 0.2) is 0 Å². The third-order valence-corrected chi connectivity index (χ3v) is 3.13. The van der Waals surface area contributed by atoms with Crippen LogP contribution in [0.25, 0.3) is 0 Å². The minimum Gasteiger partial charge on any atom is -0.314 e. The molecule has 0 bridgehead atoms. The topological polar surface area (TPSA) is 12.0 Å². The van der Waals surface area contributed by atoms with E-state index in [9.17, 15) is 0 Å². The van der Waals surface area contributed by atoms with Crippen LogP contribution in [0.1, 0.15) is 65.2 Å². The van der Waals surface area contributed by atoms with Gasteiger partial charge in [-0.25, -0.2) is 0 Å².